The molecule has 0 radical (unpaired) electrons. The van der Waals surface area contributed by atoms with Gasteiger partial charge in [0.25, 0.3) is 5.69 Å². The molecule has 136 valence electrons. The van der Waals surface area contributed by atoms with Crippen molar-refractivity contribution in [2.75, 3.05) is 50.8 Å². The van der Waals surface area contributed by atoms with E-state index < -0.39 is 4.92 Å². The second-order valence-electron chi connectivity index (χ2n) is 6.64. The van der Waals surface area contributed by atoms with Gasteiger partial charge in [-0.3, -0.25) is 14.9 Å². The van der Waals surface area contributed by atoms with Crippen LogP contribution in [0.25, 0.3) is 0 Å². The molecule has 2 heterocycles. The van der Waals surface area contributed by atoms with E-state index in [0.717, 1.165) is 19.6 Å². The molecule has 0 N–H and O–H groups in total. The number of carbonyl (C=O) groups excluding carboxylic acids is 1. The summed E-state index contributed by atoms with van der Waals surface area (Å²) in [5.74, 6) is -0.0257. The van der Waals surface area contributed by atoms with Crippen LogP contribution in [0.4, 0.5) is 11.4 Å². The van der Waals surface area contributed by atoms with Gasteiger partial charge in [-0.15, -0.1) is 0 Å². The molecule has 1 aromatic carbocycles. The summed E-state index contributed by atoms with van der Waals surface area (Å²) in [6.45, 7) is 5.21. The zero-order valence-corrected chi connectivity index (χ0v) is 14.5. The first-order valence-electron chi connectivity index (χ1n) is 9.02. The number of nitro groups is 1. The third-order valence-corrected chi connectivity index (χ3v) is 4.95. The summed E-state index contributed by atoms with van der Waals surface area (Å²) in [6, 6.07) is 4.86. The Bertz CT molecular complexity index is 623. The molecule has 2 aliphatic rings. The molecule has 0 bridgehead atoms. The molecule has 1 aromatic rings. The number of rotatable bonds is 6. The Labute approximate surface area is 147 Å². The molecule has 2 aliphatic heterocycles. The Morgan fingerprint density at radius 1 is 1.12 bits per heavy atom. The van der Waals surface area contributed by atoms with E-state index in [0.29, 0.717) is 44.0 Å². The molecule has 2 fully saturated rings. The second kappa shape index (κ2) is 8.40. The molecule has 0 unspecified atom stereocenters. The van der Waals surface area contributed by atoms with Crippen LogP contribution in [0.5, 0.6) is 0 Å². The molecular formula is C18H25N3O4. The quantitative estimate of drug-likeness (QED) is 0.447. The summed E-state index contributed by atoms with van der Waals surface area (Å²) in [5, 5.41) is 11.5. The SMILES string of the molecule is O=C(CCN1CCCCC1)c1ccc(N2CCOCC2)c([N+](=O)[O-])c1. The fourth-order valence-corrected chi connectivity index (χ4v) is 3.50. The van der Waals surface area contributed by atoms with Crippen molar-refractivity contribution >= 4 is 17.2 Å². The van der Waals surface area contributed by atoms with E-state index in [2.05, 4.69) is 4.90 Å². The lowest BCUT2D eigenvalue weighted by Gasteiger charge is -2.28. The van der Waals surface area contributed by atoms with Crippen molar-refractivity contribution in [3.8, 4) is 0 Å². The molecule has 2 saturated heterocycles. The summed E-state index contributed by atoms with van der Waals surface area (Å²) in [5.41, 5.74) is 1.01. The second-order valence-corrected chi connectivity index (χ2v) is 6.64. The van der Waals surface area contributed by atoms with Crippen LogP contribution in [0.15, 0.2) is 18.2 Å². The first-order chi connectivity index (χ1) is 12.1. The molecule has 0 aromatic heterocycles. The number of nitro benzene ring substituents is 1. The Balaban J connectivity index is 1.69. The van der Waals surface area contributed by atoms with Gasteiger partial charge in [-0.05, 0) is 38.1 Å². The van der Waals surface area contributed by atoms with Gasteiger partial charge in [-0.25, -0.2) is 0 Å². The van der Waals surface area contributed by atoms with Crippen LogP contribution in [0.3, 0.4) is 0 Å². The highest BCUT2D eigenvalue weighted by Gasteiger charge is 2.23. The first-order valence-corrected chi connectivity index (χ1v) is 9.02. The number of Topliss-reactive ketones (excluding diaryl/α,β-unsaturated/α-hetero) is 1. The number of piperidine rings is 1. The summed E-state index contributed by atoms with van der Waals surface area (Å²) < 4.78 is 5.30. The van der Waals surface area contributed by atoms with Gasteiger partial charge in [0.1, 0.15) is 5.69 Å². The first kappa shape index (κ1) is 17.8. The van der Waals surface area contributed by atoms with Crippen LogP contribution < -0.4 is 4.90 Å². The minimum Gasteiger partial charge on any atom is -0.378 e. The lowest BCUT2D eigenvalue weighted by atomic mass is 10.0. The number of benzene rings is 1. The standard InChI is InChI=1S/C18H25N3O4/c22-18(6-9-19-7-2-1-3-8-19)15-4-5-16(17(14-15)21(23)24)20-10-12-25-13-11-20/h4-5,14H,1-3,6-13H2. The van der Waals surface area contributed by atoms with Crippen LogP contribution in [-0.2, 0) is 4.74 Å². The third kappa shape index (κ3) is 4.55. The molecule has 0 saturated carbocycles. The maximum absolute atomic E-state index is 12.5. The van der Waals surface area contributed by atoms with Gasteiger partial charge in [-0.2, -0.15) is 0 Å². The minimum absolute atomic E-state index is 0.00530. The smallest absolute Gasteiger partial charge is 0.293 e. The minimum atomic E-state index is -0.397. The van der Waals surface area contributed by atoms with E-state index in [1.807, 2.05) is 4.90 Å². The van der Waals surface area contributed by atoms with Crippen molar-refractivity contribution in [1.29, 1.82) is 0 Å². The Hall–Kier alpha value is -1.99. The maximum atomic E-state index is 12.5. The normalized spacial score (nSPS) is 19.0. The number of likely N-dealkylation sites (tertiary alicyclic amines) is 1. The van der Waals surface area contributed by atoms with Gasteiger partial charge in [0, 0.05) is 37.7 Å². The van der Waals surface area contributed by atoms with Crippen molar-refractivity contribution < 1.29 is 14.5 Å². The number of anilines is 1. The van der Waals surface area contributed by atoms with Crippen molar-refractivity contribution in [2.24, 2.45) is 0 Å². The van der Waals surface area contributed by atoms with Gasteiger partial charge >= 0.3 is 0 Å². The van der Waals surface area contributed by atoms with Crippen LogP contribution in [0.1, 0.15) is 36.0 Å². The van der Waals surface area contributed by atoms with Crippen molar-refractivity contribution in [3.63, 3.8) is 0 Å². The number of nitrogens with zero attached hydrogens (tertiary/aromatic N) is 3. The van der Waals surface area contributed by atoms with Crippen LogP contribution in [-0.4, -0.2) is 61.5 Å². The number of hydrogen-bond donors (Lipinski definition) is 0. The van der Waals surface area contributed by atoms with Gasteiger partial charge in [0.15, 0.2) is 5.78 Å². The number of ketones is 1. The molecule has 7 heteroatoms. The van der Waals surface area contributed by atoms with Gasteiger partial charge in [0.05, 0.1) is 18.1 Å². The molecule has 0 aliphatic carbocycles. The molecule has 0 spiro atoms. The Kier molecular flexibility index (Phi) is 5.99. The number of hydrogen-bond acceptors (Lipinski definition) is 6. The number of morpholine rings is 1. The van der Waals surface area contributed by atoms with Crippen LogP contribution >= 0.6 is 0 Å². The fraction of sp³-hybridized carbons (Fsp3) is 0.611. The highest BCUT2D eigenvalue weighted by molar-refractivity contribution is 5.97. The molecule has 0 atom stereocenters. The van der Waals surface area contributed by atoms with Crippen molar-refractivity contribution in [3.05, 3.63) is 33.9 Å². The zero-order chi connectivity index (χ0) is 17.6. The summed E-state index contributed by atoms with van der Waals surface area (Å²) in [7, 11) is 0. The topological polar surface area (TPSA) is 75.9 Å². The van der Waals surface area contributed by atoms with E-state index >= 15 is 0 Å². The van der Waals surface area contributed by atoms with Crippen molar-refractivity contribution in [1.82, 2.24) is 4.90 Å². The number of ether oxygens (including phenoxy) is 1. The molecule has 3 rings (SSSR count). The largest absolute Gasteiger partial charge is 0.378 e. The highest BCUT2D eigenvalue weighted by atomic mass is 16.6. The van der Waals surface area contributed by atoms with Gasteiger partial charge in [0.2, 0.25) is 0 Å². The van der Waals surface area contributed by atoms with E-state index in [1.165, 1.54) is 25.3 Å². The van der Waals surface area contributed by atoms with E-state index in [1.54, 1.807) is 12.1 Å². The summed E-state index contributed by atoms with van der Waals surface area (Å²) >= 11 is 0. The van der Waals surface area contributed by atoms with Gasteiger partial charge in [-0.1, -0.05) is 6.42 Å². The van der Waals surface area contributed by atoms with E-state index in [9.17, 15) is 14.9 Å². The predicted octanol–water partition coefficient (Wildman–Crippen LogP) is 2.49. The monoisotopic (exact) mass is 347 g/mol. The summed E-state index contributed by atoms with van der Waals surface area (Å²) in [4.78, 5) is 27.8. The van der Waals surface area contributed by atoms with E-state index in [-0.39, 0.29) is 11.5 Å². The highest BCUT2D eigenvalue weighted by Crippen LogP contribution is 2.30. The predicted molar refractivity (Wildman–Crippen MR) is 95.4 cm³/mol. The number of carbonyl (C=O) groups is 1. The fourth-order valence-electron chi connectivity index (χ4n) is 3.50. The average Bonchev–Trinajstić information content (AvgIpc) is 2.67. The molecule has 25 heavy (non-hydrogen) atoms. The molecule has 7 nitrogen and oxygen atoms in total. The van der Waals surface area contributed by atoms with Crippen LogP contribution in [0.2, 0.25) is 0 Å². The average molecular weight is 347 g/mol. The summed E-state index contributed by atoms with van der Waals surface area (Å²) in [6.07, 6.45) is 4.05. The van der Waals surface area contributed by atoms with Gasteiger partial charge < -0.3 is 14.5 Å². The maximum Gasteiger partial charge on any atom is 0.293 e. The van der Waals surface area contributed by atoms with Crippen molar-refractivity contribution in [2.45, 2.75) is 25.7 Å². The zero-order valence-electron chi connectivity index (χ0n) is 14.5. The van der Waals surface area contributed by atoms with Crippen LogP contribution in [0, 0.1) is 10.1 Å². The third-order valence-electron chi connectivity index (χ3n) is 4.95. The lowest BCUT2D eigenvalue weighted by Crippen LogP contribution is -2.36. The Morgan fingerprint density at radius 3 is 2.52 bits per heavy atom. The Morgan fingerprint density at radius 2 is 1.84 bits per heavy atom. The van der Waals surface area contributed by atoms with E-state index in [4.69, 9.17) is 4.74 Å². The molecular weight excluding hydrogens is 322 g/mol. The lowest BCUT2D eigenvalue weighted by molar-refractivity contribution is -0.384. The molecule has 0 amide bonds.